The van der Waals surface area contributed by atoms with E-state index in [0.29, 0.717) is 6.54 Å². The monoisotopic (exact) mass is 369 g/mol. The Kier molecular flexibility index (Phi) is 4.57. The number of benzene rings is 1. The molecule has 0 bridgehead atoms. The second-order valence-electron chi connectivity index (χ2n) is 4.57. The first kappa shape index (κ1) is 14.0. The van der Waals surface area contributed by atoms with Gasteiger partial charge in [-0.3, -0.25) is 4.79 Å². The normalized spacial score (nSPS) is 12.2. The molecule has 19 heavy (non-hydrogen) atoms. The quantitative estimate of drug-likeness (QED) is 0.843. The fraction of sp³-hybridized carbons (Fsp3) is 0.286. The molecule has 2 rings (SSSR count). The molecule has 4 nitrogen and oxygen atoms in total. The zero-order valence-corrected chi connectivity index (χ0v) is 13.1. The van der Waals surface area contributed by atoms with Crippen LogP contribution >= 0.6 is 22.6 Å². The molecule has 0 spiro atoms. The van der Waals surface area contributed by atoms with Crippen LogP contribution in [0.2, 0.25) is 0 Å². The van der Waals surface area contributed by atoms with E-state index < -0.39 is 0 Å². The van der Waals surface area contributed by atoms with Crippen LogP contribution in [-0.2, 0) is 6.54 Å². The van der Waals surface area contributed by atoms with Crippen LogP contribution in [0.4, 0.5) is 0 Å². The highest BCUT2D eigenvalue weighted by atomic mass is 127. The molecule has 1 unspecified atom stereocenters. The average Bonchev–Trinajstić information content (AvgIpc) is 2.85. The van der Waals surface area contributed by atoms with Crippen molar-refractivity contribution in [2.24, 2.45) is 0 Å². The third kappa shape index (κ3) is 3.56. The Balaban J connectivity index is 2.02. The molecule has 1 aromatic carbocycles. The molecule has 1 aromatic heterocycles. The van der Waals surface area contributed by atoms with Gasteiger partial charge in [-0.05, 0) is 48.1 Å². The number of amides is 1. The van der Waals surface area contributed by atoms with Gasteiger partial charge in [0.05, 0.1) is 11.9 Å². The third-order valence-electron chi connectivity index (χ3n) is 2.86. The number of imidazole rings is 1. The lowest BCUT2D eigenvalue weighted by atomic mass is 10.1. The molecule has 1 heterocycles. The van der Waals surface area contributed by atoms with E-state index in [1.165, 1.54) is 0 Å². The maximum Gasteiger partial charge on any atom is 0.252 e. The van der Waals surface area contributed by atoms with Crippen molar-refractivity contribution in [3.05, 3.63) is 51.6 Å². The second kappa shape index (κ2) is 6.18. The first-order valence-electron chi connectivity index (χ1n) is 6.09. The predicted molar refractivity (Wildman–Crippen MR) is 83.1 cm³/mol. The van der Waals surface area contributed by atoms with Gasteiger partial charge in [-0.15, -0.1) is 0 Å². The highest BCUT2D eigenvalue weighted by Gasteiger charge is 2.13. The molecular formula is C14H16IN3O. The SMILES string of the molecule is Cc1cccc(C(=O)NC(C)Cn2ccnc2)c1I. The molecule has 0 aliphatic heterocycles. The molecule has 0 aliphatic rings. The van der Waals surface area contributed by atoms with Crippen LogP contribution in [0.25, 0.3) is 0 Å². The number of aryl methyl sites for hydroxylation is 1. The van der Waals surface area contributed by atoms with Crippen molar-refractivity contribution < 1.29 is 4.79 Å². The van der Waals surface area contributed by atoms with Gasteiger partial charge in [0.2, 0.25) is 0 Å². The molecule has 5 heteroatoms. The number of hydrogen-bond acceptors (Lipinski definition) is 2. The van der Waals surface area contributed by atoms with Gasteiger partial charge in [0, 0.05) is 28.6 Å². The molecule has 0 aliphatic carbocycles. The van der Waals surface area contributed by atoms with Crippen LogP contribution in [0.3, 0.4) is 0 Å². The van der Waals surface area contributed by atoms with E-state index in [4.69, 9.17) is 0 Å². The topological polar surface area (TPSA) is 46.9 Å². The summed E-state index contributed by atoms with van der Waals surface area (Å²) in [5.41, 5.74) is 1.86. The number of halogens is 1. The average molecular weight is 369 g/mol. The molecule has 0 saturated heterocycles. The first-order chi connectivity index (χ1) is 9.08. The fourth-order valence-corrected chi connectivity index (χ4v) is 2.49. The van der Waals surface area contributed by atoms with E-state index in [-0.39, 0.29) is 11.9 Å². The summed E-state index contributed by atoms with van der Waals surface area (Å²) in [4.78, 5) is 16.2. The Morgan fingerprint density at radius 2 is 2.32 bits per heavy atom. The van der Waals surface area contributed by atoms with E-state index in [1.54, 1.807) is 12.5 Å². The Bertz CT molecular complexity index is 566. The molecule has 1 amide bonds. The van der Waals surface area contributed by atoms with E-state index in [2.05, 4.69) is 32.9 Å². The summed E-state index contributed by atoms with van der Waals surface area (Å²) in [6.45, 7) is 4.71. The zero-order valence-electron chi connectivity index (χ0n) is 10.9. The summed E-state index contributed by atoms with van der Waals surface area (Å²) < 4.78 is 2.96. The lowest BCUT2D eigenvalue weighted by Crippen LogP contribution is -2.35. The molecule has 1 N–H and O–H groups in total. The minimum absolute atomic E-state index is 0.0271. The van der Waals surface area contributed by atoms with Gasteiger partial charge >= 0.3 is 0 Å². The van der Waals surface area contributed by atoms with Gasteiger partial charge in [0.25, 0.3) is 5.91 Å². The molecule has 0 saturated carbocycles. The third-order valence-corrected chi connectivity index (χ3v) is 4.29. The minimum Gasteiger partial charge on any atom is -0.348 e. The van der Waals surface area contributed by atoms with Crippen LogP contribution in [0.5, 0.6) is 0 Å². The largest absolute Gasteiger partial charge is 0.348 e. The fourth-order valence-electron chi connectivity index (χ4n) is 1.88. The Labute approximate surface area is 126 Å². The summed E-state index contributed by atoms with van der Waals surface area (Å²) >= 11 is 2.21. The van der Waals surface area contributed by atoms with Crippen LogP contribution in [0.15, 0.2) is 36.9 Å². The predicted octanol–water partition coefficient (Wildman–Crippen LogP) is 2.61. The van der Waals surface area contributed by atoms with Crippen molar-refractivity contribution in [2.45, 2.75) is 26.4 Å². The van der Waals surface area contributed by atoms with Crippen molar-refractivity contribution in [2.75, 3.05) is 0 Å². The summed E-state index contributed by atoms with van der Waals surface area (Å²) in [5, 5.41) is 3.01. The van der Waals surface area contributed by atoms with Crippen LogP contribution < -0.4 is 5.32 Å². The van der Waals surface area contributed by atoms with Gasteiger partial charge in [0.1, 0.15) is 0 Å². The molecule has 1 atom stereocenters. The molecule has 2 aromatic rings. The van der Waals surface area contributed by atoms with Gasteiger partial charge in [-0.25, -0.2) is 4.98 Å². The van der Waals surface area contributed by atoms with E-state index in [1.807, 2.05) is 42.8 Å². The Hall–Kier alpha value is -1.37. The Morgan fingerprint density at radius 1 is 1.53 bits per heavy atom. The highest BCUT2D eigenvalue weighted by molar-refractivity contribution is 14.1. The molecular weight excluding hydrogens is 353 g/mol. The lowest BCUT2D eigenvalue weighted by molar-refractivity contribution is 0.0935. The van der Waals surface area contributed by atoms with Crippen molar-refractivity contribution in [1.82, 2.24) is 14.9 Å². The van der Waals surface area contributed by atoms with Gasteiger partial charge in [-0.2, -0.15) is 0 Å². The summed E-state index contributed by atoms with van der Waals surface area (Å²) in [7, 11) is 0. The van der Waals surface area contributed by atoms with Crippen molar-refractivity contribution in [3.63, 3.8) is 0 Å². The number of nitrogens with one attached hydrogen (secondary N) is 1. The van der Waals surface area contributed by atoms with E-state index >= 15 is 0 Å². The maximum absolute atomic E-state index is 12.2. The van der Waals surface area contributed by atoms with Crippen LogP contribution in [0, 0.1) is 10.5 Å². The van der Waals surface area contributed by atoms with Crippen LogP contribution in [-0.4, -0.2) is 21.5 Å². The Morgan fingerprint density at radius 3 is 3.00 bits per heavy atom. The number of nitrogens with zero attached hydrogens (tertiary/aromatic N) is 2. The lowest BCUT2D eigenvalue weighted by Gasteiger charge is -2.15. The minimum atomic E-state index is -0.0271. The molecule has 0 radical (unpaired) electrons. The summed E-state index contributed by atoms with van der Waals surface area (Å²) in [6.07, 6.45) is 5.37. The standard InChI is InChI=1S/C14H16IN3O/c1-10-4-3-5-12(13(10)15)14(19)17-11(2)8-18-7-6-16-9-18/h3-7,9,11H,8H2,1-2H3,(H,17,19). The first-order valence-corrected chi connectivity index (χ1v) is 7.17. The number of carbonyl (C=O) groups excluding carboxylic acids is 1. The summed E-state index contributed by atoms with van der Waals surface area (Å²) in [6, 6.07) is 5.83. The van der Waals surface area contributed by atoms with Crippen molar-refractivity contribution in [3.8, 4) is 0 Å². The van der Waals surface area contributed by atoms with Crippen molar-refractivity contribution >= 4 is 28.5 Å². The number of hydrogen-bond donors (Lipinski definition) is 1. The van der Waals surface area contributed by atoms with Gasteiger partial charge in [0.15, 0.2) is 0 Å². The van der Waals surface area contributed by atoms with Crippen molar-refractivity contribution in [1.29, 1.82) is 0 Å². The summed E-state index contributed by atoms with van der Waals surface area (Å²) in [5.74, 6) is -0.0271. The highest BCUT2D eigenvalue weighted by Crippen LogP contribution is 2.16. The number of rotatable bonds is 4. The number of aromatic nitrogens is 2. The maximum atomic E-state index is 12.2. The zero-order chi connectivity index (χ0) is 13.8. The number of carbonyl (C=O) groups is 1. The van der Waals surface area contributed by atoms with Gasteiger partial charge in [-0.1, -0.05) is 12.1 Å². The van der Waals surface area contributed by atoms with Crippen LogP contribution in [0.1, 0.15) is 22.8 Å². The molecule has 100 valence electrons. The van der Waals surface area contributed by atoms with E-state index in [0.717, 1.165) is 14.7 Å². The molecule has 0 fully saturated rings. The second-order valence-corrected chi connectivity index (χ2v) is 5.65. The smallest absolute Gasteiger partial charge is 0.252 e. The van der Waals surface area contributed by atoms with E-state index in [9.17, 15) is 4.79 Å². The van der Waals surface area contributed by atoms with Gasteiger partial charge < -0.3 is 9.88 Å².